The Bertz CT molecular complexity index is 462. The van der Waals surface area contributed by atoms with Crippen molar-refractivity contribution in [2.75, 3.05) is 11.1 Å². The van der Waals surface area contributed by atoms with Crippen LogP contribution in [0, 0.1) is 0 Å². The van der Waals surface area contributed by atoms with Crippen LogP contribution in [0.3, 0.4) is 0 Å². The second-order valence-corrected chi connectivity index (χ2v) is 4.30. The Labute approximate surface area is 105 Å². The molecule has 2 aromatic heterocycles. The van der Waals surface area contributed by atoms with Gasteiger partial charge < -0.3 is 15.6 Å². The standard InChI is InChI=1S/C11H14ClN5/c1-8(6-17-3-2-14-7-17)15-11-5-9(13)4-10(12)16-11/h2-5,7-8H,6H2,1H3,(H3,13,15,16). The highest BCUT2D eigenvalue weighted by molar-refractivity contribution is 6.29. The predicted octanol–water partition coefficient (Wildman–Crippen LogP) is 2.01. The summed E-state index contributed by atoms with van der Waals surface area (Å²) in [5.41, 5.74) is 6.29. The smallest absolute Gasteiger partial charge is 0.133 e. The van der Waals surface area contributed by atoms with Crippen molar-refractivity contribution in [1.82, 2.24) is 14.5 Å². The molecule has 2 heterocycles. The van der Waals surface area contributed by atoms with Gasteiger partial charge in [0.2, 0.25) is 0 Å². The van der Waals surface area contributed by atoms with Crippen molar-refractivity contribution in [2.24, 2.45) is 0 Å². The highest BCUT2D eigenvalue weighted by Crippen LogP contribution is 2.16. The van der Waals surface area contributed by atoms with E-state index in [9.17, 15) is 0 Å². The number of nitrogens with zero attached hydrogens (tertiary/aromatic N) is 3. The Morgan fingerprint density at radius 3 is 3.00 bits per heavy atom. The minimum Gasteiger partial charge on any atom is -0.399 e. The molecule has 2 rings (SSSR count). The van der Waals surface area contributed by atoms with Crippen molar-refractivity contribution in [2.45, 2.75) is 19.5 Å². The molecular weight excluding hydrogens is 238 g/mol. The summed E-state index contributed by atoms with van der Waals surface area (Å²) >= 11 is 5.83. The van der Waals surface area contributed by atoms with Crippen LogP contribution in [0.5, 0.6) is 0 Å². The van der Waals surface area contributed by atoms with E-state index in [1.807, 2.05) is 10.8 Å². The number of imidazole rings is 1. The lowest BCUT2D eigenvalue weighted by Gasteiger charge is -2.15. The van der Waals surface area contributed by atoms with E-state index in [2.05, 4.69) is 22.2 Å². The largest absolute Gasteiger partial charge is 0.399 e. The van der Waals surface area contributed by atoms with Crippen molar-refractivity contribution in [3.8, 4) is 0 Å². The quantitative estimate of drug-likeness (QED) is 0.816. The van der Waals surface area contributed by atoms with E-state index in [4.69, 9.17) is 17.3 Å². The minimum absolute atomic E-state index is 0.203. The SMILES string of the molecule is CC(Cn1ccnc1)Nc1cc(N)cc(Cl)n1. The predicted molar refractivity (Wildman–Crippen MR) is 69.0 cm³/mol. The Hall–Kier alpha value is -1.75. The van der Waals surface area contributed by atoms with E-state index in [1.165, 1.54) is 0 Å². The van der Waals surface area contributed by atoms with Crippen molar-refractivity contribution < 1.29 is 0 Å². The van der Waals surface area contributed by atoms with Gasteiger partial charge in [-0.15, -0.1) is 0 Å². The zero-order valence-corrected chi connectivity index (χ0v) is 10.2. The molecule has 2 aromatic rings. The molecule has 0 saturated heterocycles. The molecule has 17 heavy (non-hydrogen) atoms. The van der Waals surface area contributed by atoms with Crippen molar-refractivity contribution in [1.29, 1.82) is 0 Å². The van der Waals surface area contributed by atoms with Gasteiger partial charge in [0.1, 0.15) is 11.0 Å². The number of nitrogens with one attached hydrogen (secondary N) is 1. The van der Waals surface area contributed by atoms with Gasteiger partial charge >= 0.3 is 0 Å². The van der Waals surface area contributed by atoms with E-state index < -0.39 is 0 Å². The fourth-order valence-electron chi connectivity index (χ4n) is 1.60. The van der Waals surface area contributed by atoms with E-state index in [0.717, 1.165) is 6.54 Å². The van der Waals surface area contributed by atoms with Gasteiger partial charge in [0.05, 0.1) is 6.33 Å². The zero-order valence-electron chi connectivity index (χ0n) is 9.47. The monoisotopic (exact) mass is 251 g/mol. The number of rotatable bonds is 4. The van der Waals surface area contributed by atoms with Crippen LogP contribution in [0.1, 0.15) is 6.92 Å². The lowest BCUT2D eigenvalue weighted by Crippen LogP contribution is -2.22. The Kier molecular flexibility index (Phi) is 3.49. The van der Waals surface area contributed by atoms with Crippen molar-refractivity contribution in [3.05, 3.63) is 36.0 Å². The number of pyridine rings is 1. The average Bonchev–Trinajstić information content (AvgIpc) is 2.67. The van der Waals surface area contributed by atoms with Gasteiger partial charge in [-0.2, -0.15) is 0 Å². The molecule has 0 fully saturated rings. The first-order valence-electron chi connectivity index (χ1n) is 5.29. The summed E-state index contributed by atoms with van der Waals surface area (Å²) in [5, 5.41) is 3.63. The molecule has 6 heteroatoms. The number of anilines is 2. The van der Waals surface area contributed by atoms with E-state index >= 15 is 0 Å². The third-order valence-electron chi connectivity index (χ3n) is 2.25. The highest BCUT2D eigenvalue weighted by Gasteiger charge is 2.05. The fraction of sp³-hybridized carbons (Fsp3) is 0.273. The van der Waals surface area contributed by atoms with Crippen LogP contribution in [-0.4, -0.2) is 20.6 Å². The molecule has 0 radical (unpaired) electrons. The third kappa shape index (κ3) is 3.35. The molecule has 0 aromatic carbocycles. The van der Waals surface area contributed by atoms with Gasteiger partial charge in [0.25, 0.3) is 0 Å². The number of hydrogen-bond donors (Lipinski definition) is 2. The topological polar surface area (TPSA) is 68.8 Å². The molecule has 0 bridgehead atoms. The molecule has 1 unspecified atom stereocenters. The van der Waals surface area contributed by atoms with Crippen LogP contribution in [0.2, 0.25) is 5.15 Å². The molecule has 0 amide bonds. The summed E-state index contributed by atoms with van der Waals surface area (Å²) in [5.74, 6) is 0.683. The third-order valence-corrected chi connectivity index (χ3v) is 2.45. The maximum absolute atomic E-state index is 5.83. The lowest BCUT2D eigenvalue weighted by molar-refractivity contribution is 0.617. The molecule has 0 aliphatic rings. The average molecular weight is 252 g/mol. The molecular formula is C11H14ClN5. The van der Waals surface area contributed by atoms with Crippen LogP contribution in [0.25, 0.3) is 0 Å². The molecule has 0 spiro atoms. The maximum Gasteiger partial charge on any atom is 0.133 e. The molecule has 90 valence electrons. The van der Waals surface area contributed by atoms with Gasteiger partial charge in [0.15, 0.2) is 0 Å². The van der Waals surface area contributed by atoms with Gasteiger partial charge in [-0.25, -0.2) is 9.97 Å². The van der Waals surface area contributed by atoms with E-state index in [0.29, 0.717) is 16.7 Å². The van der Waals surface area contributed by atoms with E-state index in [1.54, 1.807) is 24.7 Å². The summed E-state index contributed by atoms with van der Waals surface area (Å²) in [4.78, 5) is 8.14. The highest BCUT2D eigenvalue weighted by atomic mass is 35.5. The zero-order chi connectivity index (χ0) is 12.3. The lowest BCUT2D eigenvalue weighted by atomic mass is 10.3. The van der Waals surface area contributed by atoms with E-state index in [-0.39, 0.29) is 6.04 Å². The van der Waals surface area contributed by atoms with Gasteiger partial charge in [-0.1, -0.05) is 11.6 Å². The summed E-state index contributed by atoms with van der Waals surface area (Å²) < 4.78 is 1.99. The van der Waals surface area contributed by atoms with Crippen molar-refractivity contribution in [3.63, 3.8) is 0 Å². The number of aromatic nitrogens is 3. The van der Waals surface area contributed by atoms with Crippen molar-refractivity contribution >= 4 is 23.1 Å². The van der Waals surface area contributed by atoms with Crippen LogP contribution >= 0.6 is 11.6 Å². The number of halogens is 1. The van der Waals surface area contributed by atoms with Crippen LogP contribution in [-0.2, 0) is 6.54 Å². The minimum atomic E-state index is 0.203. The van der Waals surface area contributed by atoms with Crippen LogP contribution < -0.4 is 11.1 Å². The second-order valence-electron chi connectivity index (χ2n) is 3.91. The first-order chi connectivity index (χ1) is 8.13. The summed E-state index contributed by atoms with van der Waals surface area (Å²) in [6, 6.07) is 3.58. The molecule has 1 atom stereocenters. The second kappa shape index (κ2) is 5.05. The Morgan fingerprint density at radius 2 is 2.35 bits per heavy atom. The molecule has 3 N–H and O–H groups in total. The molecule has 0 aliphatic carbocycles. The summed E-state index contributed by atoms with van der Waals surface area (Å²) in [7, 11) is 0. The Morgan fingerprint density at radius 1 is 1.53 bits per heavy atom. The maximum atomic E-state index is 5.83. The number of hydrogen-bond acceptors (Lipinski definition) is 4. The van der Waals surface area contributed by atoms with Crippen LogP contribution in [0.15, 0.2) is 30.9 Å². The summed E-state index contributed by atoms with van der Waals surface area (Å²) in [6.45, 7) is 2.85. The fourth-order valence-corrected chi connectivity index (χ4v) is 1.82. The number of nitrogens with two attached hydrogens (primary N) is 1. The van der Waals surface area contributed by atoms with Gasteiger partial charge in [-0.05, 0) is 13.0 Å². The Balaban J connectivity index is 2.00. The van der Waals surface area contributed by atoms with Crippen LogP contribution in [0.4, 0.5) is 11.5 Å². The molecule has 0 saturated carbocycles. The molecule has 5 nitrogen and oxygen atoms in total. The first kappa shape index (κ1) is 11.7. The first-order valence-corrected chi connectivity index (χ1v) is 5.66. The summed E-state index contributed by atoms with van der Waals surface area (Å²) in [6.07, 6.45) is 5.44. The van der Waals surface area contributed by atoms with Gasteiger partial charge in [0, 0.05) is 36.7 Å². The molecule has 0 aliphatic heterocycles. The number of nitrogen functional groups attached to an aromatic ring is 1. The normalized spacial score (nSPS) is 12.4. The van der Waals surface area contributed by atoms with Gasteiger partial charge in [-0.3, -0.25) is 0 Å².